The second kappa shape index (κ2) is 35.8. The van der Waals surface area contributed by atoms with Gasteiger partial charge in [-0.1, -0.05) is 22.6 Å². The number of hydrogen-bond acceptors (Lipinski definition) is 13. The van der Waals surface area contributed by atoms with Gasteiger partial charge >= 0.3 is 0 Å². The van der Waals surface area contributed by atoms with Crippen LogP contribution in [0.1, 0.15) is 10.4 Å². The Morgan fingerprint density at radius 2 is 0.622 bits per heavy atom. The summed E-state index contributed by atoms with van der Waals surface area (Å²) in [5, 5.41) is 0. The molecule has 1 aromatic carbocycles. The first-order chi connectivity index (χ1) is 22.4. The third-order valence-electron chi connectivity index (χ3n) is 5.45. The zero-order chi connectivity index (χ0) is 32.1. The van der Waals surface area contributed by atoms with Crippen molar-refractivity contribution in [1.82, 2.24) is 0 Å². The molecule has 13 nitrogen and oxygen atoms in total. The van der Waals surface area contributed by atoms with Gasteiger partial charge in [-0.15, -0.1) is 0 Å². The van der Waals surface area contributed by atoms with Gasteiger partial charge in [0.15, 0.2) is 0 Å². The van der Waals surface area contributed by atoms with Crippen molar-refractivity contribution < 1.29 is 61.6 Å². The zero-order valence-electron chi connectivity index (χ0n) is 26.5. The van der Waals surface area contributed by atoms with Crippen LogP contribution < -0.4 is 4.74 Å². The molecule has 0 saturated heterocycles. The van der Waals surface area contributed by atoms with Crippen LogP contribution in [-0.2, 0) is 52.1 Å². The number of carbonyl (C=O) groups excluding carboxylic acids is 1. The topological polar surface area (TPSA) is 128 Å². The summed E-state index contributed by atoms with van der Waals surface area (Å²) in [4.78, 5) is 10.6. The van der Waals surface area contributed by atoms with Crippen molar-refractivity contribution in [3.05, 3.63) is 29.8 Å². The van der Waals surface area contributed by atoms with Gasteiger partial charge in [-0.2, -0.15) is 0 Å². The van der Waals surface area contributed by atoms with Crippen LogP contribution in [0.15, 0.2) is 24.3 Å². The number of rotatable bonds is 37. The molecule has 0 saturated carbocycles. The zero-order valence-corrected chi connectivity index (χ0v) is 28.7. The fourth-order valence-corrected chi connectivity index (χ4v) is 3.53. The molecular formula is C31H53IO13. The summed E-state index contributed by atoms with van der Waals surface area (Å²) >= 11 is 2.28. The van der Waals surface area contributed by atoms with E-state index in [4.69, 9.17) is 56.8 Å². The van der Waals surface area contributed by atoms with E-state index in [-0.39, 0.29) is 0 Å². The molecular weight excluding hydrogens is 707 g/mol. The summed E-state index contributed by atoms with van der Waals surface area (Å²) < 4.78 is 66.4. The number of benzene rings is 1. The first-order valence-corrected chi connectivity index (χ1v) is 17.0. The van der Waals surface area contributed by atoms with Crippen LogP contribution in [0.5, 0.6) is 5.75 Å². The molecule has 0 fully saturated rings. The summed E-state index contributed by atoms with van der Waals surface area (Å²) in [7, 11) is 0. The molecule has 0 N–H and O–H groups in total. The molecule has 0 aliphatic rings. The lowest BCUT2D eigenvalue weighted by atomic mass is 10.2. The second-order valence-electron chi connectivity index (χ2n) is 8.96. The average molecular weight is 761 g/mol. The minimum absolute atomic E-state index is 0.432. The Morgan fingerprint density at radius 1 is 0.378 bits per heavy atom. The highest BCUT2D eigenvalue weighted by atomic mass is 127. The Bertz CT molecular complexity index is 730. The van der Waals surface area contributed by atoms with E-state index >= 15 is 0 Å². The maximum atomic E-state index is 10.6. The van der Waals surface area contributed by atoms with E-state index in [0.717, 1.165) is 17.3 Å². The smallest absolute Gasteiger partial charge is 0.150 e. The quantitative estimate of drug-likeness (QED) is 0.0427. The molecule has 262 valence electrons. The summed E-state index contributed by atoms with van der Waals surface area (Å²) in [6.07, 6.45) is 0.798. The molecule has 0 atom stereocenters. The van der Waals surface area contributed by atoms with Crippen molar-refractivity contribution >= 4 is 28.9 Å². The lowest BCUT2D eigenvalue weighted by Crippen LogP contribution is -2.15. The molecule has 0 aliphatic carbocycles. The van der Waals surface area contributed by atoms with Crippen LogP contribution in [0.2, 0.25) is 0 Å². The lowest BCUT2D eigenvalue weighted by Gasteiger charge is -2.09. The Balaban J connectivity index is 1.63. The summed E-state index contributed by atoms with van der Waals surface area (Å²) in [6, 6.07) is 6.94. The Hall–Kier alpha value is -1.02. The molecule has 45 heavy (non-hydrogen) atoms. The minimum Gasteiger partial charge on any atom is -0.491 e. The second-order valence-corrected chi connectivity index (χ2v) is 10.0. The van der Waals surface area contributed by atoms with E-state index in [1.165, 1.54) is 0 Å². The van der Waals surface area contributed by atoms with Gasteiger partial charge in [0.25, 0.3) is 0 Å². The van der Waals surface area contributed by atoms with Crippen molar-refractivity contribution in [2.75, 3.05) is 156 Å². The van der Waals surface area contributed by atoms with Crippen LogP contribution in [0.3, 0.4) is 0 Å². The summed E-state index contributed by atoms with van der Waals surface area (Å²) in [5.74, 6) is 0.705. The van der Waals surface area contributed by atoms with Gasteiger partial charge in [-0.3, -0.25) is 4.79 Å². The standard InChI is InChI=1S/C31H53IO13/c32-5-6-34-7-8-35-9-10-36-11-12-37-13-14-38-15-16-39-17-18-40-19-20-41-21-22-42-23-24-43-25-26-44-27-28-45-31-3-1-30(29-33)2-4-31/h1-4,29H,5-28H2. The van der Waals surface area contributed by atoms with E-state index in [2.05, 4.69) is 22.6 Å². The Kier molecular flexibility index (Phi) is 33.4. The number of alkyl halides is 1. The van der Waals surface area contributed by atoms with Crippen molar-refractivity contribution in [3.63, 3.8) is 0 Å². The first kappa shape index (κ1) is 42.0. The van der Waals surface area contributed by atoms with Gasteiger partial charge in [-0.05, 0) is 24.3 Å². The number of carbonyl (C=O) groups is 1. The summed E-state index contributed by atoms with van der Waals surface area (Å²) in [5.41, 5.74) is 0.619. The van der Waals surface area contributed by atoms with Gasteiger partial charge in [0, 0.05) is 9.99 Å². The van der Waals surface area contributed by atoms with Crippen molar-refractivity contribution in [1.29, 1.82) is 0 Å². The molecule has 1 rings (SSSR count). The third-order valence-corrected chi connectivity index (χ3v) is 5.89. The van der Waals surface area contributed by atoms with Crippen molar-refractivity contribution in [2.45, 2.75) is 0 Å². The van der Waals surface area contributed by atoms with E-state index in [1.54, 1.807) is 24.3 Å². The molecule has 0 aromatic heterocycles. The molecule has 0 heterocycles. The highest BCUT2D eigenvalue weighted by molar-refractivity contribution is 14.1. The third kappa shape index (κ3) is 31.4. The highest BCUT2D eigenvalue weighted by Gasteiger charge is 1.98. The minimum atomic E-state index is 0.432. The molecule has 0 radical (unpaired) electrons. The molecule has 0 aliphatic heterocycles. The predicted molar refractivity (Wildman–Crippen MR) is 175 cm³/mol. The molecule has 0 unspecified atom stereocenters. The average Bonchev–Trinajstić information content (AvgIpc) is 3.06. The molecule has 1 aromatic rings. The van der Waals surface area contributed by atoms with E-state index in [0.29, 0.717) is 157 Å². The number of halogens is 1. The van der Waals surface area contributed by atoms with Gasteiger partial charge in [0.1, 0.15) is 18.6 Å². The number of aldehydes is 1. The molecule has 0 bridgehead atoms. The largest absolute Gasteiger partial charge is 0.491 e. The number of hydrogen-bond donors (Lipinski definition) is 0. The van der Waals surface area contributed by atoms with Gasteiger partial charge in [0.2, 0.25) is 0 Å². The van der Waals surface area contributed by atoms with Crippen LogP contribution in [-0.4, -0.2) is 163 Å². The highest BCUT2D eigenvalue weighted by Crippen LogP contribution is 2.10. The van der Waals surface area contributed by atoms with Crippen molar-refractivity contribution in [3.8, 4) is 5.75 Å². The first-order valence-electron chi connectivity index (χ1n) is 15.5. The molecule has 0 amide bonds. The van der Waals surface area contributed by atoms with Crippen LogP contribution in [0, 0.1) is 0 Å². The van der Waals surface area contributed by atoms with Crippen LogP contribution >= 0.6 is 22.6 Å². The SMILES string of the molecule is O=Cc1ccc(OCCOCCOCCOCCOCCOCCOCCOCCOCCOCCOCCOCCI)cc1. The van der Waals surface area contributed by atoms with Gasteiger partial charge in [-0.25, -0.2) is 0 Å². The molecule has 14 heteroatoms. The van der Waals surface area contributed by atoms with E-state index < -0.39 is 0 Å². The van der Waals surface area contributed by atoms with Gasteiger partial charge in [0.05, 0.1) is 145 Å². The fraction of sp³-hybridized carbons (Fsp3) is 0.774. The molecule has 0 spiro atoms. The fourth-order valence-electron chi connectivity index (χ4n) is 3.22. The lowest BCUT2D eigenvalue weighted by molar-refractivity contribution is -0.0276. The predicted octanol–water partition coefficient (Wildman–Crippen LogP) is 2.50. The van der Waals surface area contributed by atoms with Crippen molar-refractivity contribution in [2.24, 2.45) is 0 Å². The van der Waals surface area contributed by atoms with Gasteiger partial charge < -0.3 is 56.8 Å². The Labute approximate surface area is 281 Å². The van der Waals surface area contributed by atoms with E-state index in [9.17, 15) is 4.79 Å². The van der Waals surface area contributed by atoms with Crippen LogP contribution in [0.4, 0.5) is 0 Å². The summed E-state index contributed by atoms with van der Waals surface area (Å²) in [6.45, 7) is 12.1. The maximum Gasteiger partial charge on any atom is 0.150 e. The normalized spacial score (nSPS) is 11.3. The monoisotopic (exact) mass is 760 g/mol. The number of ether oxygens (including phenoxy) is 12. The van der Waals surface area contributed by atoms with Crippen LogP contribution in [0.25, 0.3) is 0 Å². The van der Waals surface area contributed by atoms with E-state index in [1.807, 2.05) is 0 Å². The maximum absolute atomic E-state index is 10.6. The Morgan fingerprint density at radius 3 is 0.867 bits per heavy atom.